The van der Waals surface area contributed by atoms with Crippen LogP contribution in [0, 0.1) is 0 Å². The van der Waals surface area contributed by atoms with Crippen LogP contribution < -0.4 is 0 Å². The first-order valence-corrected chi connectivity index (χ1v) is 7.28. The zero-order valence-electron chi connectivity index (χ0n) is 13.0. The van der Waals surface area contributed by atoms with Crippen LogP contribution in [0.3, 0.4) is 0 Å². The minimum Gasteiger partial charge on any atom is -0.481 e. The lowest BCUT2D eigenvalue weighted by molar-refractivity contribution is -0.144. The third-order valence-electron chi connectivity index (χ3n) is 3.18. The number of esters is 1. The highest BCUT2D eigenvalue weighted by Crippen LogP contribution is 2.07. The lowest BCUT2D eigenvalue weighted by atomic mass is 10.1. The number of carbonyl (C=O) groups excluding carboxylic acids is 1. The second kappa shape index (κ2) is 9.73. The zero-order chi connectivity index (χ0) is 16.4. The first-order valence-electron chi connectivity index (χ1n) is 7.28. The lowest BCUT2D eigenvalue weighted by Gasteiger charge is -2.16. The SMILES string of the molecule is C=Cc1ccc(CN(C)CCOC(=O)CCCC(=O)O)cc1. The molecular weight excluding hydrogens is 282 g/mol. The summed E-state index contributed by atoms with van der Waals surface area (Å²) in [6.07, 6.45) is 2.27. The van der Waals surface area contributed by atoms with Crippen LogP contribution in [0.25, 0.3) is 6.08 Å². The molecule has 1 aromatic carbocycles. The Balaban J connectivity index is 2.19. The van der Waals surface area contributed by atoms with Gasteiger partial charge >= 0.3 is 11.9 Å². The van der Waals surface area contributed by atoms with Gasteiger partial charge in [0.1, 0.15) is 6.61 Å². The van der Waals surface area contributed by atoms with Gasteiger partial charge in [-0.3, -0.25) is 14.5 Å². The summed E-state index contributed by atoms with van der Waals surface area (Å²) in [5.74, 6) is -1.24. The number of carbonyl (C=O) groups is 2. The molecule has 120 valence electrons. The molecule has 5 nitrogen and oxygen atoms in total. The standard InChI is InChI=1S/C17H23NO4/c1-3-14-7-9-15(10-8-14)13-18(2)11-12-22-17(21)6-4-5-16(19)20/h3,7-10H,1,4-6,11-13H2,2H3,(H,19,20). The van der Waals surface area contributed by atoms with Crippen LogP contribution >= 0.6 is 0 Å². The summed E-state index contributed by atoms with van der Waals surface area (Å²) >= 11 is 0. The molecule has 1 N–H and O–H groups in total. The molecule has 0 aliphatic carbocycles. The predicted octanol–water partition coefficient (Wildman–Crippen LogP) is 2.56. The number of ether oxygens (including phenoxy) is 1. The van der Waals surface area contributed by atoms with Crippen molar-refractivity contribution < 1.29 is 19.4 Å². The topological polar surface area (TPSA) is 66.8 Å². The molecule has 22 heavy (non-hydrogen) atoms. The van der Waals surface area contributed by atoms with Crippen molar-refractivity contribution in [2.45, 2.75) is 25.8 Å². The van der Waals surface area contributed by atoms with E-state index in [0.717, 1.165) is 12.1 Å². The molecule has 0 atom stereocenters. The van der Waals surface area contributed by atoms with Gasteiger partial charge in [-0.1, -0.05) is 36.9 Å². The number of benzene rings is 1. The number of carboxylic acids is 1. The van der Waals surface area contributed by atoms with Gasteiger partial charge in [-0.05, 0) is 24.6 Å². The van der Waals surface area contributed by atoms with Gasteiger partial charge in [-0.25, -0.2) is 0 Å². The van der Waals surface area contributed by atoms with Crippen LogP contribution in [0.2, 0.25) is 0 Å². The fourth-order valence-electron chi connectivity index (χ4n) is 1.92. The lowest BCUT2D eigenvalue weighted by Crippen LogP contribution is -2.24. The average molecular weight is 305 g/mol. The Kier molecular flexibility index (Phi) is 7.92. The van der Waals surface area contributed by atoms with Gasteiger partial charge < -0.3 is 9.84 Å². The smallest absolute Gasteiger partial charge is 0.305 e. The normalized spacial score (nSPS) is 10.5. The molecule has 0 heterocycles. The molecule has 0 amide bonds. The Hall–Kier alpha value is -2.14. The van der Waals surface area contributed by atoms with E-state index in [0.29, 0.717) is 19.6 Å². The maximum Gasteiger partial charge on any atom is 0.305 e. The second-order valence-electron chi connectivity index (χ2n) is 5.15. The Bertz CT molecular complexity index is 496. The number of hydrogen-bond donors (Lipinski definition) is 1. The number of aliphatic carboxylic acids is 1. The molecule has 0 saturated heterocycles. The summed E-state index contributed by atoms with van der Waals surface area (Å²) in [5, 5.41) is 8.48. The van der Waals surface area contributed by atoms with Gasteiger partial charge in [0.05, 0.1) is 0 Å². The van der Waals surface area contributed by atoms with E-state index >= 15 is 0 Å². The Morgan fingerprint density at radius 2 is 1.95 bits per heavy atom. The van der Waals surface area contributed by atoms with Crippen molar-refractivity contribution in [1.82, 2.24) is 4.90 Å². The molecule has 5 heteroatoms. The van der Waals surface area contributed by atoms with Crippen LogP contribution in [-0.4, -0.2) is 42.1 Å². The minimum atomic E-state index is -0.894. The van der Waals surface area contributed by atoms with Crippen LogP contribution in [-0.2, 0) is 20.9 Å². The van der Waals surface area contributed by atoms with E-state index in [1.807, 2.05) is 31.3 Å². The Labute approximate surface area is 131 Å². The van der Waals surface area contributed by atoms with Crippen LogP contribution in [0.1, 0.15) is 30.4 Å². The first kappa shape index (κ1) is 17.9. The van der Waals surface area contributed by atoms with E-state index in [2.05, 4.69) is 11.5 Å². The second-order valence-corrected chi connectivity index (χ2v) is 5.15. The highest BCUT2D eigenvalue weighted by Gasteiger charge is 2.06. The molecule has 1 rings (SSSR count). The van der Waals surface area contributed by atoms with Crippen LogP contribution in [0.5, 0.6) is 0 Å². The van der Waals surface area contributed by atoms with E-state index in [1.54, 1.807) is 6.08 Å². The third kappa shape index (κ3) is 7.59. The third-order valence-corrected chi connectivity index (χ3v) is 3.18. The van der Waals surface area contributed by atoms with Gasteiger partial charge in [0.15, 0.2) is 0 Å². The maximum absolute atomic E-state index is 11.4. The van der Waals surface area contributed by atoms with Crippen molar-refractivity contribution in [3.05, 3.63) is 42.0 Å². The van der Waals surface area contributed by atoms with Crippen molar-refractivity contribution in [3.8, 4) is 0 Å². The molecule has 0 radical (unpaired) electrons. The Morgan fingerprint density at radius 1 is 1.27 bits per heavy atom. The monoisotopic (exact) mass is 305 g/mol. The zero-order valence-corrected chi connectivity index (χ0v) is 13.0. The molecule has 0 spiro atoms. The molecule has 0 unspecified atom stereocenters. The van der Waals surface area contributed by atoms with E-state index in [-0.39, 0.29) is 18.8 Å². The van der Waals surface area contributed by atoms with Gasteiger partial charge in [0.25, 0.3) is 0 Å². The summed E-state index contributed by atoms with van der Waals surface area (Å²) in [4.78, 5) is 23.8. The quantitative estimate of drug-likeness (QED) is 0.673. The number of nitrogens with zero attached hydrogens (tertiary/aromatic N) is 1. The molecule has 0 aliphatic heterocycles. The molecule has 0 saturated carbocycles. The van der Waals surface area contributed by atoms with Crippen molar-refractivity contribution in [3.63, 3.8) is 0 Å². The highest BCUT2D eigenvalue weighted by atomic mass is 16.5. The average Bonchev–Trinajstić information content (AvgIpc) is 2.47. The summed E-state index contributed by atoms with van der Waals surface area (Å²) < 4.78 is 5.08. The number of carboxylic acid groups (broad SMARTS) is 1. The Morgan fingerprint density at radius 3 is 2.55 bits per heavy atom. The van der Waals surface area contributed by atoms with Gasteiger partial charge in [-0.2, -0.15) is 0 Å². The molecule has 0 aromatic heterocycles. The van der Waals surface area contributed by atoms with Gasteiger partial charge in [0.2, 0.25) is 0 Å². The van der Waals surface area contributed by atoms with E-state index in [1.165, 1.54) is 5.56 Å². The molecule has 0 aliphatic rings. The predicted molar refractivity (Wildman–Crippen MR) is 85.3 cm³/mol. The largest absolute Gasteiger partial charge is 0.481 e. The molecular formula is C17H23NO4. The summed E-state index contributed by atoms with van der Waals surface area (Å²) in [5.41, 5.74) is 2.27. The highest BCUT2D eigenvalue weighted by molar-refractivity contribution is 5.71. The van der Waals surface area contributed by atoms with Crippen molar-refractivity contribution in [2.24, 2.45) is 0 Å². The van der Waals surface area contributed by atoms with Gasteiger partial charge in [0, 0.05) is 25.9 Å². The van der Waals surface area contributed by atoms with Crippen LogP contribution in [0.15, 0.2) is 30.8 Å². The number of hydrogen-bond acceptors (Lipinski definition) is 4. The van der Waals surface area contributed by atoms with E-state index in [9.17, 15) is 9.59 Å². The fourth-order valence-corrected chi connectivity index (χ4v) is 1.92. The van der Waals surface area contributed by atoms with Crippen molar-refractivity contribution >= 4 is 18.0 Å². The van der Waals surface area contributed by atoms with Crippen LogP contribution in [0.4, 0.5) is 0 Å². The number of likely N-dealkylation sites (N-methyl/N-ethyl adjacent to an activating group) is 1. The fraction of sp³-hybridized carbons (Fsp3) is 0.412. The van der Waals surface area contributed by atoms with Crippen molar-refractivity contribution in [1.29, 1.82) is 0 Å². The minimum absolute atomic E-state index is 0.00426. The summed E-state index contributed by atoms with van der Waals surface area (Å²) in [6.45, 7) is 5.44. The molecule has 0 fully saturated rings. The summed E-state index contributed by atoms with van der Waals surface area (Å²) in [7, 11) is 1.96. The van der Waals surface area contributed by atoms with Gasteiger partial charge in [-0.15, -0.1) is 0 Å². The van der Waals surface area contributed by atoms with E-state index in [4.69, 9.17) is 9.84 Å². The molecule has 1 aromatic rings. The summed E-state index contributed by atoms with van der Waals surface area (Å²) in [6, 6.07) is 8.12. The van der Waals surface area contributed by atoms with E-state index < -0.39 is 5.97 Å². The first-order chi connectivity index (χ1) is 10.5. The van der Waals surface area contributed by atoms with Crippen molar-refractivity contribution in [2.75, 3.05) is 20.2 Å². The molecule has 0 bridgehead atoms. The maximum atomic E-state index is 11.4. The number of rotatable bonds is 10.